The summed E-state index contributed by atoms with van der Waals surface area (Å²) in [5.74, 6) is -0.718. The summed E-state index contributed by atoms with van der Waals surface area (Å²) in [6.45, 7) is 3.42. The second kappa shape index (κ2) is 43.4. The van der Waals surface area contributed by atoms with Crippen molar-refractivity contribution in [1.29, 1.82) is 0 Å². The average molecular weight is 922 g/mol. The first-order chi connectivity index (χ1) is 31.7. The van der Waals surface area contributed by atoms with E-state index < -0.39 is 74.2 Å². The number of unbranched alkanes of at least 4 members (excludes halogenated alkanes) is 24. The molecule has 1 aliphatic heterocycles. The summed E-state index contributed by atoms with van der Waals surface area (Å²) in [5, 5.41) is 75.9. The number of carbonyl (C=O) groups excluding carboxylic acids is 1. The predicted octanol–water partition coefficient (Wildman–Crippen LogP) is 10.1. The maximum atomic E-state index is 13.1. The Morgan fingerprint density at radius 1 is 0.523 bits per heavy atom. The van der Waals surface area contributed by atoms with Gasteiger partial charge in [-0.25, -0.2) is 0 Å². The highest BCUT2D eigenvalue weighted by molar-refractivity contribution is 5.80. The van der Waals surface area contributed by atoms with Crippen molar-refractivity contribution in [2.75, 3.05) is 13.2 Å². The van der Waals surface area contributed by atoms with Gasteiger partial charge in [-0.3, -0.25) is 4.79 Å². The molecule has 380 valence electrons. The molecule has 1 rings (SSSR count). The van der Waals surface area contributed by atoms with Gasteiger partial charge >= 0.3 is 0 Å². The van der Waals surface area contributed by atoms with Crippen LogP contribution in [0.1, 0.15) is 219 Å². The van der Waals surface area contributed by atoms with Gasteiger partial charge in [-0.1, -0.05) is 178 Å². The van der Waals surface area contributed by atoms with Crippen molar-refractivity contribution >= 4 is 5.91 Å². The Morgan fingerprint density at radius 3 is 1.37 bits per heavy atom. The summed E-state index contributed by atoms with van der Waals surface area (Å²) in [4.78, 5) is 13.1. The summed E-state index contributed by atoms with van der Waals surface area (Å²) in [5.41, 5.74) is 0. The van der Waals surface area contributed by atoms with Gasteiger partial charge in [0.1, 0.15) is 36.6 Å². The third kappa shape index (κ3) is 32.5. The SMILES string of the molecule is CCCCCCCC/C=C\CCCCCCCCC(O)C(=O)NC(COC1OC(CO)C(O)C(O)C1O)C(O)C(O)CCC/C=C/CC/C=C/CC/C=C/CCCCCCCCCCC. The maximum Gasteiger partial charge on any atom is 0.249 e. The van der Waals surface area contributed by atoms with E-state index in [0.717, 1.165) is 64.2 Å². The molecule has 0 spiro atoms. The van der Waals surface area contributed by atoms with Crippen LogP contribution >= 0.6 is 0 Å². The molecule has 0 bridgehead atoms. The molecule has 11 nitrogen and oxygen atoms in total. The summed E-state index contributed by atoms with van der Waals surface area (Å²) < 4.78 is 11.1. The molecule has 65 heavy (non-hydrogen) atoms. The number of rotatable bonds is 44. The van der Waals surface area contributed by atoms with E-state index >= 15 is 0 Å². The number of amides is 1. The van der Waals surface area contributed by atoms with E-state index in [2.05, 4.69) is 67.8 Å². The molecule has 0 saturated carbocycles. The zero-order valence-electron chi connectivity index (χ0n) is 41.2. The Balaban J connectivity index is 2.42. The van der Waals surface area contributed by atoms with E-state index in [1.807, 2.05) is 0 Å². The van der Waals surface area contributed by atoms with Gasteiger partial charge in [0.25, 0.3) is 0 Å². The Bertz CT molecular complexity index is 1190. The maximum absolute atomic E-state index is 13.1. The third-order valence-electron chi connectivity index (χ3n) is 12.6. The molecule has 9 atom stereocenters. The van der Waals surface area contributed by atoms with Gasteiger partial charge in [0.2, 0.25) is 5.91 Å². The number of aliphatic hydroxyl groups is 7. The fourth-order valence-corrected chi connectivity index (χ4v) is 8.17. The minimum absolute atomic E-state index is 0.239. The number of nitrogens with one attached hydrogen (secondary N) is 1. The molecule has 1 fully saturated rings. The normalized spacial score (nSPS) is 21.3. The average Bonchev–Trinajstić information content (AvgIpc) is 3.31. The summed E-state index contributed by atoms with van der Waals surface area (Å²) in [6.07, 6.45) is 41.6. The highest BCUT2D eigenvalue weighted by Gasteiger charge is 2.44. The summed E-state index contributed by atoms with van der Waals surface area (Å²) in [6, 6.07) is -1.20. The van der Waals surface area contributed by atoms with Crippen LogP contribution in [0.5, 0.6) is 0 Å². The van der Waals surface area contributed by atoms with Crippen molar-refractivity contribution in [3.63, 3.8) is 0 Å². The van der Waals surface area contributed by atoms with Crippen LogP contribution < -0.4 is 5.32 Å². The molecule has 9 unspecified atom stereocenters. The number of hydrogen-bond donors (Lipinski definition) is 8. The molecule has 1 amide bonds. The molecule has 1 saturated heterocycles. The van der Waals surface area contributed by atoms with Crippen LogP contribution in [0.2, 0.25) is 0 Å². The lowest BCUT2D eigenvalue weighted by Gasteiger charge is -2.40. The zero-order chi connectivity index (χ0) is 47.6. The van der Waals surface area contributed by atoms with Crippen LogP contribution in [0.3, 0.4) is 0 Å². The lowest BCUT2D eigenvalue weighted by molar-refractivity contribution is -0.303. The zero-order valence-corrected chi connectivity index (χ0v) is 41.2. The monoisotopic (exact) mass is 922 g/mol. The first kappa shape index (κ1) is 61.1. The van der Waals surface area contributed by atoms with E-state index in [1.54, 1.807) is 0 Å². The molecule has 0 aromatic heterocycles. The van der Waals surface area contributed by atoms with Crippen molar-refractivity contribution < 1.29 is 50.0 Å². The minimum atomic E-state index is -1.67. The fraction of sp³-hybridized carbons (Fsp3) is 0.833. The van der Waals surface area contributed by atoms with E-state index in [-0.39, 0.29) is 12.8 Å². The fourth-order valence-electron chi connectivity index (χ4n) is 8.17. The highest BCUT2D eigenvalue weighted by Crippen LogP contribution is 2.23. The van der Waals surface area contributed by atoms with Gasteiger partial charge in [0, 0.05) is 0 Å². The van der Waals surface area contributed by atoms with Crippen LogP contribution in [0.25, 0.3) is 0 Å². The van der Waals surface area contributed by atoms with Crippen LogP contribution in [-0.4, -0.2) is 110 Å². The van der Waals surface area contributed by atoms with Gasteiger partial charge in [-0.2, -0.15) is 0 Å². The standard InChI is InChI=1S/C54H99NO10/c1-3-5-7-9-11-13-15-17-19-21-22-23-24-25-26-28-29-31-33-35-37-39-41-46(57)49(59)45(44-64-54-52(62)51(61)50(60)48(43-56)65-54)55-53(63)47(58)42-40-38-36-34-32-30-27-20-18-16-14-12-10-8-6-4-2/h18,20,22-23,26,28,33,35,45-52,54,56-62H,3-17,19,21,24-25,27,29-32,34,36-44H2,1-2H3,(H,55,63)/b20-18-,23-22+,28-26+,35-33+. The molecule has 0 radical (unpaired) electrons. The quantitative estimate of drug-likeness (QED) is 0.0216. The van der Waals surface area contributed by atoms with Gasteiger partial charge in [-0.15, -0.1) is 0 Å². The second-order valence-corrected chi connectivity index (χ2v) is 18.6. The van der Waals surface area contributed by atoms with Crippen molar-refractivity contribution in [3.05, 3.63) is 48.6 Å². The van der Waals surface area contributed by atoms with Crippen LogP contribution in [0.4, 0.5) is 0 Å². The topological polar surface area (TPSA) is 189 Å². The molecule has 0 aliphatic carbocycles. The van der Waals surface area contributed by atoms with Crippen molar-refractivity contribution in [3.8, 4) is 0 Å². The first-order valence-corrected chi connectivity index (χ1v) is 26.5. The number of allylic oxidation sites excluding steroid dienone is 8. The molecule has 1 heterocycles. The molecule has 1 aliphatic rings. The van der Waals surface area contributed by atoms with Crippen LogP contribution in [0.15, 0.2) is 48.6 Å². The van der Waals surface area contributed by atoms with Gasteiger partial charge in [-0.05, 0) is 89.9 Å². The van der Waals surface area contributed by atoms with Crippen LogP contribution in [-0.2, 0) is 14.3 Å². The third-order valence-corrected chi connectivity index (χ3v) is 12.6. The first-order valence-electron chi connectivity index (χ1n) is 26.5. The van der Waals surface area contributed by atoms with Gasteiger partial charge in [0.05, 0.1) is 25.4 Å². The van der Waals surface area contributed by atoms with Gasteiger partial charge in [0.15, 0.2) is 6.29 Å². The molecule has 0 aromatic rings. The Labute approximate surface area is 396 Å². The Morgan fingerprint density at radius 2 is 0.923 bits per heavy atom. The molecule has 8 N–H and O–H groups in total. The van der Waals surface area contributed by atoms with E-state index in [0.29, 0.717) is 19.3 Å². The lowest BCUT2D eigenvalue weighted by Crippen LogP contribution is -2.60. The number of ether oxygens (including phenoxy) is 2. The second-order valence-electron chi connectivity index (χ2n) is 18.6. The molecular weight excluding hydrogens is 823 g/mol. The van der Waals surface area contributed by atoms with Gasteiger partial charge < -0.3 is 50.5 Å². The van der Waals surface area contributed by atoms with Crippen molar-refractivity contribution in [2.45, 2.75) is 274 Å². The van der Waals surface area contributed by atoms with E-state index in [1.165, 1.54) is 109 Å². The summed E-state index contributed by atoms with van der Waals surface area (Å²) in [7, 11) is 0. The molecule has 11 heteroatoms. The Kier molecular flexibility index (Phi) is 40.7. The largest absolute Gasteiger partial charge is 0.394 e. The number of hydrogen-bond acceptors (Lipinski definition) is 10. The van der Waals surface area contributed by atoms with Crippen molar-refractivity contribution in [1.82, 2.24) is 5.32 Å². The highest BCUT2D eigenvalue weighted by atomic mass is 16.7. The summed E-state index contributed by atoms with van der Waals surface area (Å²) >= 11 is 0. The molecule has 0 aromatic carbocycles. The van der Waals surface area contributed by atoms with Crippen LogP contribution in [0, 0.1) is 0 Å². The molecular formula is C54H99NO10. The Hall–Kier alpha value is -1.93. The predicted molar refractivity (Wildman–Crippen MR) is 265 cm³/mol. The minimum Gasteiger partial charge on any atom is -0.394 e. The van der Waals surface area contributed by atoms with E-state index in [9.17, 15) is 40.5 Å². The van der Waals surface area contributed by atoms with E-state index in [4.69, 9.17) is 9.47 Å². The lowest BCUT2D eigenvalue weighted by atomic mass is 9.98. The smallest absolute Gasteiger partial charge is 0.249 e. The number of carbonyl (C=O) groups is 1. The number of aliphatic hydroxyl groups excluding tert-OH is 7. The van der Waals surface area contributed by atoms with Crippen molar-refractivity contribution in [2.24, 2.45) is 0 Å².